The molecule has 1 atom stereocenters. The summed E-state index contributed by atoms with van der Waals surface area (Å²) in [6.45, 7) is 7.08. The number of hydrogen-bond donors (Lipinski definition) is 1. The molecule has 30 heavy (non-hydrogen) atoms. The van der Waals surface area contributed by atoms with Crippen LogP contribution in [0.1, 0.15) is 65.7 Å². The van der Waals surface area contributed by atoms with Crippen LogP contribution in [0.3, 0.4) is 0 Å². The van der Waals surface area contributed by atoms with E-state index in [0.29, 0.717) is 19.5 Å². The highest BCUT2D eigenvalue weighted by Crippen LogP contribution is 2.27. The van der Waals surface area contributed by atoms with Gasteiger partial charge in [-0.3, -0.25) is 4.79 Å². The number of carbonyl (C=O) groups excluding carboxylic acids is 1. The summed E-state index contributed by atoms with van der Waals surface area (Å²) in [5.74, 6) is -0.373. The molecule has 0 radical (unpaired) electrons. The van der Waals surface area contributed by atoms with Crippen LogP contribution in [0.25, 0.3) is 0 Å². The van der Waals surface area contributed by atoms with Crippen molar-refractivity contribution in [3.8, 4) is 0 Å². The molecule has 3 rings (SSSR count). The summed E-state index contributed by atoms with van der Waals surface area (Å²) in [4.78, 5) is 13.1. The molecule has 2 aromatic carbocycles. The van der Waals surface area contributed by atoms with Crippen molar-refractivity contribution in [1.29, 1.82) is 0 Å². The van der Waals surface area contributed by atoms with E-state index in [0.717, 1.165) is 36.0 Å². The average molecular weight is 449 g/mol. The average Bonchev–Trinajstić information content (AvgIpc) is 2.73. The zero-order chi connectivity index (χ0) is 21.9. The van der Waals surface area contributed by atoms with Crippen molar-refractivity contribution >= 4 is 27.5 Å². The van der Waals surface area contributed by atoms with Gasteiger partial charge >= 0.3 is 0 Å². The number of hydrogen-bond acceptors (Lipinski definition) is 3. The fraction of sp³-hybridized carbons (Fsp3) is 0.435. The zero-order valence-electron chi connectivity index (χ0n) is 17.7. The van der Waals surface area contributed by atoms with Crippen molar-refractivity contribution in [2.45, 2.75) is 57.4 Å². The van der Waals surface area contributed by atoms with E-state index < -0.39 is 10.0 Å². The second-order valence-electron chi connectivity index (χ2n) is 7.90. The lowest BCUT2D eigenvalue weighted by Gasteiger charge is -2.26. The Hall–Kier alpha value is -1.89. The first-order chi connectivity index (χ1) is 14.2. The summed E-state index contributed by atoms with van der Waals surface area (Å²) in [5, 5.41) is 3.26. The van der Waals surface area contributed by atoms with Gasteiger partial charge in [0.25, 0.3) is 5.91 Å². The fourth-order valence-electron chi connectivity index (χ4n) is 3.95. The third-order valence-corrected chi connectivity index (χ3v) is 7.87. The Morgan fingerprint density at radius 2 is 1.80 bits per heavy atom. The fourth-order valence-corrected chi connectivity index (χ4v) is 5.69. The zero-order valence-corrected chi connectivity index (χ0v) is 19.3. The first-order valence-electron chi connectivity index (χ1n) is 10.4. The molecule has 0 aliphatic carbocycles. The van der Waals surface area contributed by atoms with E-state index in [1.54, 1.807) is 0 Å². The van der Waals surface area contributed by atoms with Gasteiger partial charge in [-0.25, -0.2) is 8.42 Å². The van der Waals surface area contributed by atoms with Crippen molar-refractivity contribution in [3.05, 3.63) is 63.7 Å². The first kappa shape index (κ1) is 22.8. The summed E-state index contributed by atoms with van der Waals surface area (Å²) in [6.07, 6.45) is 3.46. The largest absolute Gasteiger partial charge is 0.345 e. The number of carbonyl (C=O) groups is 1. The van der Waals surface area contributed by atoms with Crippen LogP contribution >= 0.6 is 11.6 Å². The lowest BCUT2D eigenvalue weighted by molar-refractivity contribution is 0.0935. The molecular weight excluding hydrogens is 420 g/mol. The normalized spacial score (nSPS) is 16.3. The molecule has 1 saturated heterocycles. The highest BCUT2D eigenvalue weighted by molar-refractivity contribution is 7.89. The predicted molar refractivity (Wildman–Crippen MR) is 120 cm³/mol. The number of sulfonamides is 1. The minimum Gasteiger partial charge on any atom is -0.345 e. The van der Waals surface area contributed by atoms with Crippen molar-refractivity contribution in [3.63, 3.8) is 0 Å². The van der Waals surface area contributed by atoms with Gasteiger partial charge in [0.2, 0.25) is 10.0 Å². The third-order valence-electron chi connectivity index (χ3n) is 5.65. The van der Waals surface area contributed by atoms with Crippen molar-refractivity contribution in [1.82, 2.24) is 9.62 Å². The second-order valence-corrected chi connectivity index (χ2v) is 10.2. The maximum atomic E-state index is 13.0. The number of piperidine rings is 1. The number of amides is 1. The topological polar surface area (TPSA) is 66.5 Å². The van der Waals surface area contributed by atoms with Crippen LogP contribution in [-0.4, -0.2) is 31.7 Å². The molecule has 1 N–H and O–H groups in total. The molecule has 2 aromatic rings. The number of rotatable bonds is 6. The molecule has 0 saturated carbocycles. The van der Waals surface area contributed by atoms with E-state index in [1.165, 1.54) is 22.5 Å². The van der Waals surface area contributed by atoms with E-state index in [1.807, 2.05) is 32.9 Å². The first-order valence-corrected chi connectivity index (χ1v) is 12.2. The van der Waals surface area contributed by atoms with Gasteiger partial charge in [0.1, 0.15) is 0 Å². The minimum atomic E-state index is -3.64. The summed E-state index contributed by atoms with van der Waals surface area (Å²) in [5.41, 5.74) is 3.49. The van der Waals surface area contributed by atoms with Gasteiger partial charge in [-0.05, 0) is 62.4 Å². The molecule has 0 spiro atoms. The molecular formula is C23H29ClN2O3S. The molecule has 0 aromatic heterocycles. The van der Waals surface area contributed by atoms with Gasteiger partial charge < -0.3 is 5.32 Å². The van der Waals surface area contributed by atoms with Crippen molar-refractivity contribution in [2.24, 2.45) is 0 Å². The van der Waals surface area contributed by atoms with E-state index in [-0.39, 0.29) is 27.4 Å². The second kappa shape index (κ2) is 9.50. The SMILES string of the molecule is CC[C@H](NC(=O)c1cc(S(=O)(=O)N2CCCCC2)ccc1Cl)c1ccc(C)cc1C. The highest BCUT2D eigenvalue weighted by atomic mass is 35.5. The molecule has 1 fully saturated rings. The Kier molecular flexibility index (Phi) is 7.22. The molecule has 1 aliphatic rings. The Labute approximate surface area is 184 Å². The minimum absolute atomic E-state index is 0.110. The Morgan fingerprint density at radius 3 is 2.43 bits per heavy atom. The van der Waals surface area contributed by atoms with Crippen LogP contribution in [0.15, 0.2) is 41.3 Å². The molecule has 162 valence electrons. The molecule has 1 aliphatic heterocycles. The number of halogens is 1. The lowest BCUT2D eigenvalue weighted by Crippen LogP contribution is -2.35. The monoisotopic (exact) mass is 448 g/mol. The van der Waals surface area contributed by atoms with E-state index >= 15 is 0 Å². The van der Waals surface area contributed by atoms with Gasteiger partial charge in [-0.15, -0.1) is 0 Å². The summed E-state index contributed by atoms with van der Waals surface area (Å²) in [6, 6.07) is 10.3. The maximum absolute atomic E-state index is 13.0. The Balaban J connectivity index is 1.87. The third kappa shape index (κ3) is 4.88. The quantitative estimate of drug-likeness (QED) is 0.675. The van der Waals surface area contributed by atoms with Gasteiger partial charge in [-0.2, -0.15) is 4.31 Å². The van der Waals surface area contributed by atoms with Crippen LogP contribution < -0.4 is 5.32 Å². The van der Waals surface area contributed by atoms with Crippen LogP contribution in [-0.2, 0) is 10.0 Å². The maximum Gasteiger partial charge on any atom is 0.253 e. The van der Waals surface area contributed by atoms with Gasteiger partial charge in [-0.1, -0.05) is 48.7 Å². The standard InChI is InChI=1S/C23H29ClN2O3S/c1-4-22(19-10-8-16(2)14-17(19)3)25-23(27)20-15-18(9-11-21(20)24)30(28,29)26-12-6-5-7-13-26/h8-11,14-15,22H,4-7,12-13H2,1-3H3,(H,25,27)/t22-/m0/s1. The molecule has 5 nitrogen and oxygen atoms in total. The highest BCUT2D eigenvalue weighted by Gasteiger charge is 2.27. The number of nitrogens with one attached hydrogen (secondary N) is 1. The number of benzene rings is 2. The summed E-state index contributed by atoms with van der Waals surface area (Å²) < 4.78 is 27.5. The number of aryl methyl sites for hydroxylation is 2. The van der Waals surface area contributed by atoms with Crippen LogP contribution in [0.2, 0.25) is 5.02 Å². The summed E-state index contributed by atoms with van der Waals surface area (Å²) >= 11 is 6.28. The molecule has 0 unspecified atom stereocenters. The predicted octanol–water partition coefficient (Wildman–Crippen LogP) is 5.01. The van der Waals surface area contributed by atoms with Gasteiger partial charge in [0, 0.05) is 13.1 Å². The van der Waals surface area contributed by atoms with Gasteiger partial charge in [0.05, 0.1) is 21.5 Å². The van der Waals surface area contributed by atoms with E-state index in [4.69, 9.17) is 11.6 Å². The van der Waals surface area contributed by atoms with E-state index in [2.05, 4.69) is 11.4 Å². The van der Waals surface area contributed by atoms with E-state index in [9.17, 15) is 13.2 Å². The Bertz CT molecular complexity index is 1030. The molecule has 7 heteroatoms. The molecule has 1 heterocycles. The van der Waals surface area contributed by atoms with Crippen molar-refractivity contribution in [2.75, 3.05) is 13.1 Å². The van der Waals surface area contributed by atoms with Gasteiger partial charge in [0.15, 0.2) is 0 Å². The molecule has 1 amide bonds. The number of nitrogens with zero attached hydrogens (tertiary/aromatic N) is 1. The van der Waals surface area contributed by atoms with Crippen LogP contribution in [0.4, 0.5) is 0 Å². The van der Waals surface area contributed by atoms with Crippen molar-refractivity contribution < 1.29 is 13.2 Å². The van der Waals surface area contributed by atoms with Crippen LogP contribution in [0, 0.1) is 13.8 Å². The Morgan fingerprint density at radius 1 is 1.10 bits per heavy atom. The smallest absolute Gasteiger partial charge is 0.253 e. The summed E-state index contributed by atoms with van der Waals surface area (Å²) in [7, 11) is -3.64. The molecule has 0 bridgehead atoms. The van der Waals surface area contributed by atoms with Crippen LogP contribution in [0.5, 0.6) is 0 Å². The lowest BCUT2D eigenvalue weighted by atomic mass is 9.97.